The summed E-state index contributed by atoms with van der Waals surface area (Å²) in [6.45, 7) is 9.68. The summed E-state index contributed by atoms with van der Waals surface area (Å²) >= 11 is 0. The minimum absolute atomic E-state index is 0.0975. The van der Waals surface area contributed by atoms with Gasteiger partial charge in [-0.25, -0.2) is 4.79 Å². The van der Waals surface area contributed by atoms with Crippen molar-refractivity contribution in [2.45, 2.75) is 77.9 Å². The Bertz CT molecular complexity index is 316. The molecule has 1 amide bonds. The van der Waals surface area contributed by atoms with E-state index in [0.29, 0.717) is 0 Å². The molecule has 0 spiro atoms. The molecular formula is C15H27NO2. The van der Waals surface area contributed by atoms with Crippen molar-refractivity contribution in [2.24, 2.45) is 5.41 Å². The fourth-order valence-electron chi connectivity index (χ4n) is 3.16. The van der Waals surface area contributed by atoms with Gasteiger partial charge in [0, 0.05) is 12.1 Å². The smallest absolute Gasteiger partial charge is 0.410 e. The van der Waals surface area contributed by atoms with Gasteiger partial charge in [-0.1, -0.05) is 13.8 Å². The number of piperidine rings is 1. The lowest BCUT2D eigenvalue weighted by Crippen LogP contribution is -2.60. The van der Waals surface area contributed by atoms with E-state index in [1.54, 1.807) is 0 Å². The van der Waals surface area contributed by atoms with Gasteiger partial charge in [0.15, 0.2) is 0 Å². The highest BCUT2D eigenvalue weighted by Crippen LogP contribution is 2.43. The second-order valence-corrected chi connectivity index (χ2v) is 6.99. The maximum atomic E-state index is 12.4. The first-order chi connectivity index (χ1) is 8.34. The van der Waals surface area contributed by atoms with Crippen molar-refractivity contribution in [1.29, 1.82) is 0 Å². The largest absolute Gasteiger partial charge is 0.446 e. The molecule has 2 aliphatic rings. The minimum atomic E-state index is -0.124. The van der Waals surface area contributed by atoms with Crippen LogP contribution >= 0.6 is 0 Å². The van der Waals surface area contributed by atoms with Crippen molar-refractivity contribution in [3.63, 3.8) is 0 Å². The van der Waals surface area contributed by atoms with Crippen LogP contribution in [0, 0.1) is 5.41 Å². The number of rotatable bonds is 1. The lowest BCUT2D eigenvalue weighted by Gasteiger charge is -2.52. The van der Waals surface area contributed by atoms with Crippen LogP contribution in [0.5, 0.6) is 0 Å². The molecule has 1 saturated heterocycles. The first-order valence-electron chi connectivity index (χ1n) is 7.33. The first kappa shape index (κ1) is 13.7. The molecule has 0 atom stereocenters. The Morgan fingerprint density at radius 1 is 1.11 bits per heavy atom. The Hall–Kier alpha value is -0.730. The van der Waals surface area contributed by atoms with Crippen molar-refractivity contribution >= 4 is 6.09 Å². The molecule has 1 heterocycles. The summed E-state index contributed by atoms with van der Waals surface area (Å²) in [5.74, 6) is 0. The molecular weight excluding hydrogens is 226 g/mol. The highest BCUT2D eigenvalue weighted by atomic mass is 16.6. The molecule has 104 valence electrons. The Morgan fingerprint density at radius 3 is 2.33 bits per heavy atom. The monoisotopic (exact) mass is 253 g/mol. The molecule has 0 aromatic rings. The number of hydrogen-bond donors (Lipinski definition) is 0. The van der Waals surface area contributed by atoms with Crippen molar-refractivity contribution in [2.75, 3.05) is 6.54 Å². The molecule has 0 radical (unpaired) electrons. The minimum Gasteiger partial charge on any atom is -0.446 e. The van der Waals surface area contributed by atoms with E-state index in [1.807, 2.05) is 4.90 Å². The number of ether oxygens (including phenoxy) is 1. The molecule has 3 heteroatoms. The molecule has 2 rings (SSSR count). The van der Waals surface area contributed by atoms with Gasteiger partial charge in [0.2, 0.25) is 0 Å². The van der Waals surface area contributed by atoms with E-state index in [0.717, 1.165) is 25.8 Å². The Morgan fingerprint density at radius 2 is 1.72 bits per heavy atom. The third-order valence-electron chi connectivity index (χ3n) is 5.30. The second-order valence-electron chi connectivity index (χ2n) is 6.99. The Balaban J connectivity index is 2.04. The molecule has 18 heavy (non-hydrogen) atoms. The van der Waals surface area contributed by atoms with Crippen molar-refractivity contribution in [3.8, 4) is 0 Å². The molecule has 0 aromatic carbocycles. The van der Waals surface area contributed by atoms with Crippen LogP contribution in [-0.2, 0) is 4.74 Å². The molecule has 3 nitrogen and oxygen atoms in total. The topological polar surface area (TPSA) is 29.5 Å². The molecule has 1 aliphatic heterocycles. The highest BCUT2D eigenvalue weighted by Gasteiger charge is 2.47. The van der Waals surface area contributed by atoms with E-state index < -0.39 is 0 Å². The van der Waals surface area contributed by atoms with E-state index in [9.17, 15) is 4.79 Å². The van der Waals surface area contributed by atoms with Crippen LogP contribution in [-0.4, -0.2) is 29.2 Å². The van der Waals surface area contributed by atoms with Crippen LogP contribution in [0.25, 0.3) is 0 Å². The van der Waals surface area contributed by atoms with E-state index >= 15 is 0 Å². The van der Waals surface area contributed by atoms with Gasteiger partial charge in [-0.3, -0.25) is 0 Å². The fraction of sp³-hybridized carbons (Fsp3) is 0.933. The standard InChI is InChI=1S/C15H27NO2/c1-14(2)10-7-11-16(15(14,3)4)13(17)18-12-8-5-6-9-12/h12H,5-11H2,1-4H3. The van der Waals surface area contributed by atoms with Gasteiger partial charge in [-0.15, -0.1) is 0 Å². The summed E-state index contributed by atoms with van der Waals surface area (Å²) in [7, 11) is 0. The van der Waals surface area contributed by atoms with E-state index in [2.05, 4.69) is 27.7 Å². The zero-order chi connectivity index (χ0) is 13.4. The molecule has 0 aromatic heterocycles. The lowest BCUT2D eigenvalue weighted by atomic mass is 9.68. The summed E-state index contributed by atoms with van der Waals surface area (Å²) in [6, 6.07) is 0. The molecule has 0 bridgehead atoms. The van der Waals surface area contributed by atoms with Gasteiger partial charge in [-0.2, -0.15) is 0 Å². The molecule has 1 saturated carbocycles. The average Bonchev–Trinajstić information content (AvgIpc) is 2.74. The number of carbonyl (C=O) groups is 1. The predicted molar refractivity (Wildman–Crippen MR) is 72.5 cm³/mol. The van der Waals surface area contributed by atoms with Gasteiger partial charge in [0.25, 0.3) is 0 Å². The number of amides is 1. The first-order valence-corrected chi connectivity index (χ1v) is 7.33. The normalized spacial score (nSPS) is 27.2. The maximum absolute atomic E-state index is 12.4. The van der Waals surface area contributed by atoms with Crippen LogP contribution in [0.1, 0.15) is 66.2 Å². The predicted octanol–water partition coefficient (Wildman–Crippen LogP) is 3.97. The number of nitrogens with zero attached hydrogens (tertiary/aromatic N) is 1. The highest BCUT2D eigenvalue weighted by molar-refractivity contribution is 5.69. The fourth-order valence-corrected chi connectivity index (χ4v) is 3.16. The van der Waals surface area contributed by atoms with Gasteiger partial charge < -0.3 is 9.64 Å². The summed E-state index contributed by atoms with van der Waals surface area (Å²) in [6.07, 6.45) is 6.81. The van der Waals surface area contributed by atoms with Crippen LogP contribution in [0.3, 0.4) is 0 Å². The molecule has 2 fully saturated rings. The zero-order valence-corrected chi connectivity index (χ0v) is 12.3. The van der Waals surface area contributed by atoms with Crippen LogP contribution in [0.2, 0.25) is 0 Å². The average molecular weight is 253 g/mol. The second kappa shape index (κ2) is 4.75. The summed E-state index contributed by atoms with van der Waals surface area (Å²) in [4.78, 5) is 14.3. The SMILES string of the molecule is CC1(C)CCCN(C(=O)OC2CCCC2)C1(C)C. The van der Waals surface area contributed by atoms with Crippen molar-refractivity contribution in [1.82, 2.24) is 4.90 Å². The van der Waals surface area contributed by atoms with E-state index in [-0.39, 0.29) is 23.2 Å². The van der Waals surface area contributed by atoms with Gasteiger partial charge in [0.05, 0.1) is 0 Å². The quantitative estimate of drug-likeness (QED) is 0.707. The number of likely N-dealkylation sites (tertiary alicyclic amines) is 1. The van der Waals surface area contributed by atoms with Crippen molar-refractivity contribution in [3.05, 3.63) is 0 Å². The van der Waals surface area contributed by atoms with Crippen LogP contribution < -0.4 is 0 Å². The number of hydrogen-bond acceptors (Lipinski definition) is 2. The van der Waals surface area contributed by atoms with Crippen LogP contribution in [0.4, 0.5) is 4.79 Å². The van der Waals surface area contributed by atoms with Crippen molar-refractivity contribution < 1.29 is 9.53 Å². The van der Waals surface area contributed by atoms with Crippen LogP contribution in [0.15, 0.2) is 0 Å². The van der Waals surface area contributed by atoms with Gasteiger partial charge >= 0.3 is 6.09 Å². The van der Waals surface area contributed by atoms with E-state index in [4.69, 9.17) is 4.74 Å². The Labute approximate surface area is 111 Å². The molecule has 1 aliphatic carbocycles. The molecule has 0 unspecified atom stereocenters. The zero-order valence-electron chi connectivity index (χ0n) is 12.3. The Kier molecular flexibility index (Phi) is 3.61. The van der Waals surface area contributed by atoms with E-state index in [1.165, 1.54) is 19.3 Å². The van der Waals surface area contributed by atoms with Gasteiger partial charge in [0.1, 0.15) is 6.10 Å². The third kappa shape index (κ3) is 2.36. The summed E-state index contributed by atoms with van der Waals surface area (Å²) in [5.41, 5.74) is 0.0287. The third-order valence-corrected chi connectivity index (χ3v) is 5.30. The number of carbonyl (C=O) groups excluding carboxylic acids is 1. The summed E-state index contributed by atoms with van der Waals surface area (Å²) in [5, 5.41) is 0. The van der Waals surface area contributed by atoms with Gasteiger partial charge in [-0.05, 0) is 57.8 Å². The maximum Gasteiger partial charge on any atom is 0.410 e. The lowest BCUT2D eigenvalue weighted by molar-refractivity contribution is -0.0368. The summed E-state index contributed by atoms with van der Waals surface area (Å²) < 4.78 is 5.67. The molecule has 0 N–H and O–H groups in total.